The van der Waals surface area contributed by atoms with Gasteiger partial charge in [-0.15, -0.1) is 5.10 Å². The Balaban J connectivity index is 0.000000164. The summed E-state index contributed by atoms with van der Waals surface area (Å²) in [4.78, 5) is 23.7. The molecule has 4 N–H and O–H groups in total. The summed E-state index contributed by atoms with van der Waals surface area (Å²) in [5, 5.41) is 24.1. The van der Waals surface area contributed by atoms with Crippen molar-refractivity contribution in [3.05, 3.63) is 192 Å². The Bertz CT molecular complexity index is 3080. The van der Waals surface area contributed by atoms with Gasteiger partial charge in [-0.2, -0.15) is 26.3 Å². The highest BCUT2D eigenvalue weighted by atomic mass is 19.4. The molecule has 0 radical (unpaired) electrons. The summed E-state index contributed by atoms with van der Waals surface area (Å²) in [5.74, 6) is 0. The molecule has 9 rings (SSSR count). The molecule has 11 nitrogen and oxygen atoms in total. The highest BCUT2D eigenvalue weighted by Gasteiger charge is 2.35. The van der Waals surface area contributed by atoms with E-state index in [1.54, 1.807) is 4.68 Å². The quantitative estimate of drug-likeness (QED) is 0.0943. The van der Waals surface area contributed by atoms with E-state index in [4.69, 9.17) is 9.47 Å². The molecule has 0 saturated carbocycles. The summed E-state index contributed by atoms with van der Waals surface area (Å²) in [6, 6.07) is 43.1. The van der Waals surface area contributed by atoms with Crippen molar-refractivity contribution in [2.75, 3.05) is 10.6 Å². The van der Waals surface area contributed by atoms with Crippen molar-refractivity contribution in [2.45, 2.75) is 76.9 Å². The van der Waals surface area contributed by atoms with E-state index in [1.807, 2.05) is 123 Å². The number of rotatable bonds is 11. The van der Waals surface area contributed by atoms with Gasteiger partial charge in [-0.25, -0.2) is 14.3 Å². The predicted molar refractivity (Wildman–Crippen MR) is 263 cm³/mol. The van der Waals surface area contributed by atoms with E-state index in [2.05, 4.69) is 38.2 Å². The number of amides is 2. The Morgan fingerprint density at radius 2 is 1.30 bits per heavy atom. The number of aromatic nitrogens is 3. The minimum Gasteiger partial charge on any atom is -0.445 e. The van der Waals surface area contributed by atoms with E-state index in [0.29, 0.717) is 29.8 Å². The molecular formula is C54H51F6N7O4. The third kappa shape index (κ3) is 13.2. The molecule has 3 atom stereocenters. The molecule has 0 bridgehead atoms. The van der Waals surface area contributed by atoms with Crippen LogP contribution >= 0.6 is 0 Å². The van der Waals surface area contributed by atoms with Crippen LogP contribution in [0.15, 0.2) is 164 Å². The topological polar surface area (TPSA) is 131 Å². The van der Waals surface area contributed by atoms with Crippen molar-refractivity contribution in [3.63, 3.8) is 0 Å². The fraction of sp³-hybridized carbons (Fsp3) is 0.222. The first-order chi connectivity index (χ1) is 34.1. The van der Waals surface area contributed by atoms with Gasteiger partial charge < -0.3 is 25.4 Å². The molecule has 2 heterocycles. The van der Waals surface area contributed by atoms with Crippen LogP contribution in [0.5, 0.6) is 0 Å². The van der Waals surface area contributed by atoms with Crippen LogP contribution in [0.4, 0.5) is 47.3 Å². The molecule has 1 aliphatic rings. The maximum Gasteiger partial charge on any atom is 0.416 e. The van der Waals surface area contributed by atoms with Crippen LogP contribution in [0.2, 0.25) is 0 Å². The molecule has 368 valence electrons. The molecule has 0 aliphatic carbocycles. The molecule has 17 heteroatoms. The summed E-state index contributed by atoms with van der Waals surface area (Å²) < 4.78 is 89.6. The molecule has 1 aromatic heterocycles. The lowest BCUT2D eigenvalue weighted by molar-refractivity contribution is -0.138. The van der Waals surface area contributed by atoms with E-state index in [0.717, 1.165) is 74.4 Å². The lowest BCUT2D eigenvalue weighted by Crippen LogP contribution is -2.37. The summed E-state index contributed by atoms with van der Waals surface area (Å²) >= 11 is 0. The number of alkyl halides is 6. The molecule has 0 fully saturated rings. The fourth-order valence-electron chi connectivity index (χ4n) is 8.09. The first-order valence-corrected chi connectivity index (χ1v) is 22.8. The SMILES string of the molecule is C=CNC(=O)OCc1cccc2ccccc12.CCC(Nc1ccc(C(F)(F)F)cc1)n1nnc2ccccc21.CC[C@@H]1C[C@H](NC(=O)OCc2cccc3ccccc23)c2cc(C(F)(F)F)ccc2N1. The van der Waals surface area contributed by atoms with Crippen LogP contribution in [-0.4, -0.2) is 33.2 Å². The number of nitrogens with one attached hydrogen (secondary N) is 4. The minimum absolute atomic E-state index is 0.0487. The van der Waals surface area contributed by atoms with Gasteiger partial charge in [0, 0.05) is 17.4 Å². The predicted octanol–water partition coefficient (Wildman–Crippen LogP) is 14.1. The third-order valence-electron chi connectivity index (χ3n) is 11.7. The Morgan fingerprint density at radius 1 is 0.732 bits per heavy atom. The monoisotopic (exact) mass is 975 g/mol. The number of halogens is 6. The lowest BCUT2D eigenvalue weighted by Gasteiger charge is -2.33. The Labute approximate surface area is 405 Å². The minimum atomic E-state index is -4.45. The van der Waals surface area contributed by atoms with E-state index in [1.165, 1.54) is 24.4 Å². The number of benzene rings is 7. The number of carbonyl (C=O) groups excluding carboxylic acids is 2. The highest BCUT2D eigenvalue weighted by Crippen LogP contribution is 2.39. The second kappa shape index (κ2) is 23.0. The van der Waals surface area contributed by atoms with Gasteiger partial charge in [0.15, 0.2) is 0 Å². The standard InChI is InChI=1S/C24H23F3N2O2.C16H15F3N4.C14H13NO2/c1-2-18-13-22(20-12-17(24(25,26)27)10-11-21(20)28-18)29-23(30)31-14-16-8-5-7-15-6-3-4-9-19(15)16;1-2-15(23-14-6-4-3-5-13(14)21-22-23)20-12-9-7-11(8-10-12)16(17,18)19;1-2-15-14(16)17-10-12-8-5-7-11-6-3-4-9-13(11)12/h3-12,18,22,28H,2,13-14H2,1H3,(H,29,30);3-10,15,20H,2H2,1H3;2-9H,1,10H2,(H,15,16)/t18-,22+;;/m1../s1. The lowest BCUT2D eigenvalue weighted by atomic mass is 9.90. The van der Waals surface area contributed by atoms with Crippen LogP contribution in [0.3, 0.4) is 0 Å². The van der Waals surface area contributed by atoms with Crippen molar-refractivity contribution < 1.29 is 45.4 Å². The van der Waals surface area contributed by atoms with Gasteiger partial charge in [-0.05, 0) is 118 Å². The second-order valence-corrected chi connectivity index (χ2v) is 16.4. The molecule has 0 spiro atoms. The van der Waals surface area contributed by atoms with Gasteiger partial charge in [-0.1, -0.05) is 123 Å². The van der Waals surface area contributed by atoms with E-state index < -0.39 is 41.7 Å². The molecule has 2 amide bonds. The van der Waals surface area contributed by atoms with Crippen molar-refractivity contribution in [3.8, 4) is 0 Å². The Morgan fingerprint density at radius 3 is 1.89 bits per heavy atom. The summed E-state index contributed by atoms with van der Waals surface area (Å²) in [5.41, 5.74) is 3.73. The number of hydrogen-bond acceptors (Lipinski definition) is 8. The van der Waals surface area contributed by atoms with Crippen LogP contribution < -0.4 is 21.3 Å². The largest absolute Gasteiger partial charge is 0.445 e. The van der Waals surface area contributed by atoms with Crippen molar-refractivity contribution in [1.29, 1.82) is 0 Å². The number of alkyl carbamates (subject to hydrolysis) is 2. The van der Waals surface area contributed by atoms with Crippen LogP contribution in [0.25, 0.3) is 32.6 Å². The number of para-hydroxylation sites is 1. The van der Waals surface area contributed by atoms with Gasteiger partial charge in [-0.3, -0.25) is 5.32 Å². The summed E-state index contributed by atoms with van der Waals surface area (Å²) in [6.07, 6.45) is -6.86. The van der Waals surface area contributed by atoms with E-state index in [9.17, 15) is 35.9 Å². The number of nitrogens with zero attached hydrogens (tertiary/aromatic N) is 3. The molecule has 7 aromatic carbocycles. The van der Waals surface area contributed by atoms with Crippen molar-refractivity contribution >= 4 is 56.1 Å². The maximum atomic E-state index is 13.2. The van der Waals surface area contributed by atoms with Crippen LogP contribution in [0, 0.1) is 0 Å². The smallest absolute Gasteiger partial charge is 0.416 e. The molecule has 8 aromatic rings. The van der Waals surface area contributed by atoms with Gasteiger partial charge in [0.2, 0.25) is 0 Å². The number of fused-ring (bicyclic) bond motifs is 4. The van der Waals surface area contributed by atoms with Crippen molar-refractivity contribution in [1.82, 2.24) is 25.6 Å². The number of carbonyl (C=O) groups is 2. The number of anilines is 2. The van der Waals surface area contributed by atoms with Crippen LogP contribution in [0.1, 0.15) is 73.1 Å². The highest BCUT2D eigenvalue weighted by molar-refractivity contribution is 5.86. The second-order valence-electron chi connectivity index (χ2n) is 16.4. The molecule has 71 heavy (non-hydrogen) atoms. The van der Waals surface area contributed by atoms with Gasteiger partial charge in [0.1, 0.15) is 24.9 Å². The maximum absolute atomic E-state index is 13.2. The number of ether oxygens (including phenoxy) is 2. The van der Waals surface area contributed by atoms with Gasteiger partial charge >= 0.3 is 24.5 Å². The fourth-order valence-corrected chi connectivity index (χ4v) is 8.09. The normalized spacial score (nSPS) is 14.6. The zero-order valence-electron chi connectivity index (χ0n) is 38.7. The van der Waals surface area contributed by atoms with Crippen molar-refractivity contribution in [2.24, 2.45) is 0 Å². The average molecular weight is 976 g/mol. The Kier molecular flexibility index (Phi) is 16.5. The van der Waals surface area contributed by atoms with Gasteiger partial charge in [0.25, 0.3) is 0 Å². The summed E-state index contributed by atoms with van der Waals surface area (Å²) in [7, 11) is 0. The van der Waals surface area contributed by atoms with E-state index >= 15 is 0 Å². The first kappa shape index (κ1) is 50.8. The van der Waals surface area contributed by atoms with Crippen LogP contribution in [-0.2, 0) is 35.0 Å². The Hall–Kier alpha value is -8.08. The summed E-state index contributed by atoms with van der Waals surface area (Å²) in [6.45, 7) is 7.68. The zero-order chi connectivity index (χ0) is 50.5. The van der Waals surface area contributed by atoms with E-state index in [-0.39, 0.29) is 25.4 Å². The first-order valence-electron chi connectivity index (χ1n) is 22.8. The molecule has 1 aliphatic heterocycles. The average Bonchev–Trinajstić information content (AvgIpc) is 3.80. The molecular weight excluding hydrogens is 925 g/mol. The zero-order valence-corrected chi connectivity index (χ0v) is 38.7. The molecule has 0 saturated heterocycles. The number of hydrogen-bond donors (Lipinski definition) is 4. The van der Waals surface area contributed by atoms with Gasteiger partial charge in [0.05, 0.1) is 22.7 Å². The third-order valence-corrected chi connectivity index (χ3v) is 11.7. The molecule has 1 unspecified atom stereocenters.